The van der Waals surface area contributed by atoms with E-state index < -0.39 is 64.3 Å². The van der Waals surface area contributed by atoms with Gasteiger partial charge in [-0.2, -0.15) is 0 Å². The largest absolute Gasteiger partial charge is 0.464 e. The molecule has 0 aromatic heterocycles. The first-order valence-electron chi connectivity index (χ1n) is 19.1. The molecule has 1 heterocycles. The van der Waals surface area contributed by atoms with Gasteiger partial charge in [0.05, 0.1) is 11.4 Å². The SMILES string of the molecule is CCC(C)[C@H](NC(=O)[C@H](CSC(c1ccccc1)(c1ccccc1)c1ccccc1)NC(=O)OC(C)(C)C)C(=O)N[C@H](C(=O)N[C@H]1CCOC1=O)C(C)CC. The summed E-state index contributed by atoms with van der Waals surface area (Å²) in [4.78, 5) is 67.5. The van der Waals surface area contributed by atoms with Crippen molar-refractivity contribution < 1.29 is 33.4 Å². The van der Waals surface area contributed by atoms with E-state index in [9.17, 15) is 24.0 Å². The van der Waals surface area contributed by atoms with E-state index in [1.807, 2.05) is 119 Å². The van der Waals surface area contributed by atoms with Gasteiger partial charge in [0, 0.05) is 12.2 Å². The molecule has 4 rings (SSSR count). The standard InChI is InChI=1S/C43H56N4O7S/c1-8-28(3)35(38(49)44-33-25-26-53-40(33)51)47-39(50)36(29(4)9-2)46-37(48)34(45-41(52)54-42(5,6)7)27-55-43(30-19-13-10-14-20-30,31-21-15-11-16-22-31)32-23-17-12-18-24-32/h10-24,28-29,33-36H,8-9,25-27H2,1-7H3,(H,44,49)(H,45,52)(H,46,48)(H,47,50)/t28?,29?,33-,34-,35-,36-/m0/s1. The van der Waals surface area contributed by atoms with Gasteiger partial charge in [-0.3, -0.25) is 14.4 Å². The van der Waals surface area contributed by atoms with Crippen molar-refractivity contribution in [1.82, 2.24) is 21.3 Å². The smallest absolute Gasteiger partial charge is 0.408 e. The molecule has 1 fully saturated rings. The Bertz CT molecular complexity index is 1640. The lowest BCUT2D eigenvalue weighted by molar-refractivity contribution is -0.142. The van der Waals surface area contributed by atoms with Crippen molar-refractivity contribution >= 4 is 41.5 Å². The number of cyclic esters (lactones) is 1. The molecule has 0 aliphatic carbocycles. The number of hydrogen-bond donors (Lipinski definition) is 4. The van der Waals surface area contributed by atoms with E-state index in [0.29, 0.717) is 19.3 Å². The highest BCUT2D eigenvalue weighted by atomic mass is 32.2. The second-order valence-electron chi connectivity index (χ2n) is 15.1. The molecular weight excluding hydrogens is 717 g/mol. The molecule has 1 saturated heterocycles. The molecule has 2 unspecified atom stereocenters. The van der Waals surface area contributed by atoms with Gasteiger partial charge >= 0.3 is 12.1 Å². The van der Waals surface area contributed by atoms with Crippen molar-refractivity contribution in [2.45, 2.75) is 102 Å². The van der Waals surface area contributed by atoms with Crippen LogP contribution in [0.5, 0.6) is 0 Å². The van der Waals surface area contributed by atoms with Crippen LogP contribution >= 0.6 is 11.8 Å². The third kappa shape index (κ3) is 11.3. The van der Waals surface area contributed by atoms with Crippen molar-refractivity contribution in [2.24, 2.45) is 11.8 Å². The minimum Gasteiger partial charge on any atom is -0.464 e. The van der Waals surface area contributed by atoms with Gasteiger partial charge in [0.2, 0.25) is 17.7 Å². The fourth-order valence-corrected chi connectivity index (χ4v) is 7.96. The first-order chi connectivity index (χ1) is 26.2. The monoisotopic (exact) mass is 772 g/mol. The number of benzene rings is 3. The van der Waals surface area contributed by atoms with E-state index in [4.69, 9.17) is 9.47 Å². The van der Waals surface area contributed by atoms with Crippen molar-refractivity contribution in [3.8, 4) is 0 Å². The summed E-state index contributed by atoms with van der Waals surface area (Å²) in [5, 5.41) is 11.3. The van der Waals surface area contributed by atoms with Gasteiger partial charge in [0.1, 0.15) is 29.8 Å². The van der Waals surface area contributed by atoms with Gasteiger partial charge in [-0.05, 0) is 49.3 Å². The molecule has 0 spiro atoms. The number of nitrogens with one attached hydrogen (secondary N) is 4. The molecule has 0 saturated carbocycles. The van der Waals surface area contributed by atoms with E-state index in [1.54, 1.807) is 20.8 Å². The molecule has 4 amide bonds. The molecular formula is C43H56N4O7S. The Balaban J connectivity index is 1.68. The Hall–Kier alpha value is -4.84. The predicted octanol–water partition coefficient (Wildman–Crippen LogP) is 6.10. The van der Waals surface area contributed by atoms with Crippen LogP contribution in [0.15, 0.2) is 91.0 Å². The zero-order chi connectivity index (χ0) is 40.2. The van der Waals surface area contributed by atoms with E-state index >= 15 is 0 Å². The van der Waals surface area contributed by atoms with Crippen molar-refractivity contribution in [3.05, 3.63) is 108 Å². The van der Waals surface area contributed by atoms with E-state index in [-0.39, 0.29) is 24.2 Å². The normalized spacial score (nSPS) is 17.1. The van der Waals surface area contributed by atoms with Gasteiger partial charge in [-0.1, -0.05) is 132 Å². The number of rotatable bonds is 17. The molecule has 3 aromatic carbocycles. The van der Waals surface area contributed by atoms with Crippen molar-refractivity contribution in [2.75, 3.05) is 12.4 Å². The average molecular weight is 773 g/mol. The Kier molecular flexibility index (Phi) is 15.3. The van der Waals surface area contributed by atoms with E-state index in [0.717, 1.165) is 16.7 Å². The fraction of sp³-hybridized carbons (Fsp3) is 0.465. The van der Waals surface area contributed by atoms with Crippen LogP contribution in [-0.2, 0) is 33.4 Å². The highest BCUT2D eigenvalue weighted by Crippen LogP contribution is 2.48. The van der Waals surface area contributed by atoms with E-state index in [2.05, 4.69) is 21.3 Å². The summed E-state index contributed by atoms with van der Waals surface area (Å²) in [6, 6.07) is 26.0. The number of ether oxygens (including phenoxy) is 2. The summed E-state index contributed by atoms with van der Waals surface area (Å²) in [6.07, 6.45) is 0.673. The molecule has 1 aliphatic rings. The molecule has 0 radical (unpaired) electrons. The zero-order valence-electron chi connectivity index (χ0n) is 32.9. The van der Waals surface area contributed by atoms with Gasteiger partial charge < -0.3 is 30.7 Å². The lowest BCUT2D eigenvalue weighted by atomic mass is 9.84. The molecule has 55 heavy (non-hydrogen) atoms. The van der Waals surface area contributed by atoms with Crippen LogP contribution in [0, 0.1) is 11.8 Å². The number of thioether (sulfide) groups is 1. The Labute approximate surface area is 329 Å². The molecule has 11 nitrogen and oxygen atoms in total. The maximum atomic E-state index is 14.5. The van der Waals surface area contributed by atoms with Crippen molar-refractivity contribution in [3.63, 3.8) is 0 Å². The van der Waals surface area contributed by atoms with Gasteiger partial charge in [0.15, 0.2) is 0 Å². The first-order valence-corrected chi connectivity index (χ1v) is 20.1. The Morgan fingerprint density at radius 3 is 1.60 bits per heavy atom. The van der Waals surface area contributed by atoms with Crippen molar-refractivity contribution in [1.29, 1.82) is 0 Å². The lowest BCUT2D eigenvalue weighted by Gasteiger charge is -2.37. The second-order valence-corrected chi connectivity index (χ2v) is 16.3. The number of carbonyl (C=O) groups is 5. The molecule has 6 atom stereocenters. The summed E-state index contributed by atoms with van der Waals surface area (Å²) in [5.74, 6) is -2.68. The topological polar surface area (TPSA) is 152 Å². The van der Waals surface area contributed by atoms with Crippen LogP contribution < -0.4 is 21.3 Å². The quantitative estimate of drug-likeness (QED) is 0.0950. The molecule has 12 heteroatoms. The minimum absolute atomic E-state index is 0.0913. The summed E-state index contributed by atoms with van der Waals surface area (Å²) >= 11 is 1.49. The second kappa shape index (κ2) is 19.7. The number of alkyl carbamates (subject to hydrolysis) is 1. The van der Waals surface area contributed by atoms with Crippen LogP contribution in [0.25, 0.3) is 0 Å². The summed E-state index contributed by atoms with van der Waals surface area (Å²) in [6.45, 7) is 12.9. The maximum Gasteiger partial charge on any atom is 0.408 e. The average Bonchev–Trinajstić information content (AvgIpc) is 3.58. The van der Waals surface area contributed by atoms with Gasteiger partial charge in [0.25, 0.3) is 0 Å². The minimum atomic E-state index is -1.14. The number of amides is 4. The maximum absolute atomic E-state index is 14.5. The summed E-state index contributed by atoms with van der Waals surface area (Å²) < 4.78 is 9.82. The summed E-state index contributed by atoms with van der Waals surface area (Å²) in [7, 11) is 0. The molecule has 0 bridgehead atoms. The van der Waals surface area contributed by atoms with Gasteiger partial charge in [-0.25, -0.2) is 9.59 Å². The van der Waals surface area contributed by atoms with Crippen LogP contribution in [-0.4, -0.2) is 71.9 Å². The number of esters is 1. The molecule has 296 valence electrons. The fourth-order valence-electron chi connectivity index (χ4n) is 6.40. The number of hydrogen-bond acceptors (Lipinski definition) is 8. The van der Waals surface area contributed by atoms with Crippen LogP contribution in [0.2, 0.25) is 0 Å². The van der Waals surface area contributed by atoms with Crippen LogP contribution in [0.1, 0.15) is 84.4 Å². The van der Waals surface area contributed by atoms with Gasteiger partial charge in [-0.15, -0.1) is 11.8 Å². The molecule has 4 N–H and O–H groups in total. The number of carbonyl (C=O) groups excluding carboxylic acids is 5. The summed E-state index contributed by atoms with van der Waals surface area (Å²) in [5.41, 5.74) is 2.10. The highest BCUT2D eigenvalue weighted by Gasteiger charge is 2.40. The third-order valence-electron chi connectivity index (χ3n) is 9.85. The third-order valence-corrected chi connectivity index (χ3v) is 11.5. The van der Waals surface area contributed by atoms with Crippen LogP contribution in [0.4, 0.5) is 4.79 Å². The Morgan fingerprint density at radius 2 is 1.18 bits per heavy atom. The molecule has 1 aliphatic heterocycles. The molecule has 3 aromatic rings. The Morgan fingerprint density at radius 1 is 0.727 bits per heavy atom. The van der Waals surface area contributed by atoms with Crippen LogP contribution in [0.3, 0.4) is 0 Å². The highest BCUT2D eigenvalue weighted by molar-refractivity contribution is 8.00. The predicted molar refractivity (Wildman–Crippen MR) is 215 cm³/mol. The van der Waals surface area contributed by atoms with E-state index in [1.165, 1.54) is 11.8 Å². The lowest BCUT2D eigenvalue weighted by Crippen LogP contribution is -2.60. The first kappa shape index (κ1) is 42.9. The zero-order valence-corrected chi connectivity index (χ0v) is 33.7.